The first-order valence-electron chi connectivity index (χ1n) is 13.4. The van der Waals surface area contributed by atoms with E-state index in [0.717, 1.165) is 37.2 Å². The molecule has 7 nitrogen and oxygen atoms in total. The molecule has 0 aliphatic rings. The van der Waals surface area contributed by atoms with Crippen molar-refractivity contribution in [1.82, 2.24) is 9.27 Å². The van der Waals surface area contributed by atoms with Crippen LogP contribution >= 0.6 is 11.5 Å². The lowest BCUT2D eigenvalue weighted by Gasteiger charge is -2.23. The lowest BCUT2D eigenvalue weighted by Crippen LogP contribution is -2.33. The summed E-state index contributed by atoms with van der Waals surface area (Å²) >= 11 is 1.12. The average Bonchev–Trinajstić information content (AvgIpc) is 3.25. The summed E-state index contributed by atoms with van der Waals surface area (Å²) in [6, 6.07) is 4.69. The third kappa shape index (κ3) is 9.69. The van der Waals surface area contributed by atoms with E-state index in [9.17, 15) is 9.90 Å². The van der Waals surface area contributed by atoms with Gasteiger partial charge in [-0.1, -0.05) is 78.1 Å². The van der Waals surface area contributed by atoms with Crippen LogP contribution in [0.3, 0.4) is 0 Å². The standard InChI is InChI=1S/C28H41N5O2S/c1-5-7-9-11-13-15-19-33(20-16-14-12-10-8-6-2)28(35)24-21-23(17-18-25(24)34)30-31-27-26(29-4)22(3)32-36-27/h17-18,21,34H,5-16,19-20H2,1-3H3. The number of phenols is 1. The van der Waals surface area contributed by atoms with Gasteiger partial charge in [0.1, 0.15) is 5.75 Å². The Balaban J connectivity index is 2.10. The molecule has 1 amide bonds. The maximum atomic E-state index is 13.5. The Bertz CT molecular complexity index is 996. The van der Waals surface area contributed by atoms with Gasteiger partial charge in [0.25, 0.3) is 5.91 Å². The molecule has 0 spiro atoms. The summed E-state index contributed by atoms with van der Waals surface area (Å²) in [7, 11) is 0. The zero-order valence-electron chi connectivity index (χ0n) is 22.1. The van der Waals surface area contributed by atoms with Crippen molar-refractivity contribution in [3.8, 4) is 5.75 Å². The maximum Gasteiger partial charge on any atom is 0.257 e. The number of benzene rings is 1. The Morgan fingerprint density at radius 3 is 2.14 bits per heavy atom. The van der Waals surface area contributed by atoms with Gasteiger partial charge in [-0.15, -0.1) is 5.11 Å². The molecule has 2 rings (SSSR count). The van der Waals surface area contributed by atoms with E-state index in [2.05, 4.69) is 33.3 Å². The second kappa shape index (κ2) is 16.8. The molecule has 1 heterocycles. The summed E-state index contributed by atoms with van der Waals surface area (Å²) in [5.41, 5.74) is 1.72. The van der Waals surface area contributed by atoms with Crippen LogP contribution in [0.4, 0.5) is 16.4 Å². The Kier molecular flexibility index (Phi) is 13.7. The first-order valence-corrected chi connectivity index (χ1v) is 14.2. The van der Waals surface area contributed by atoms with Crippen LogP contribution < -0.4 is 0 Å². The lowest BCUT2D eigenvalue weighted by atomic mass is 10.1. The van der Waals surface area contributed by atoms with E-state index in [1.54, 1.807) is 19.1 Å². The van der Waals surface area contributed by atoms with Gasteiger partial charge in [0, 0.05) is 13.1 Å². The molecule has 0 atom stereocenters. The summed E-state index contributed by atoms with van der Waals surface area (Å²) in [5.74, 6) is -0.215. The number of aromatic nitrogens is 1. The van der Waals surface area contributed by atoms with Gasteiger partial charge in [0.15, 0.2) is 5.00 Å². The number of phenolic OH excluding ortho intramolecular Hbond substituents is 1. The number of carbonyl (C=O) groups excluding carboxylic acids is 1. The van der Waals surface area contributed by atoms with E-state index in [1.165, 1.54) is 57.4 Å². The molecule has 0 bridgehead atoms. The van der Waals surface area contributed by atoms with Crippen molar-refractivity contribution in [3.63, 3.8) is 0 Å². The summed E-state index contributed by atoms with van der Waals surface area (Å²) in [4.78, 5) is 18.8. The minimum Gasteiger partial charge on any atom is -0.507 e. The molecule has 2 aromatic rings. The van der Waals surface area contributed by atoms with Gasteiger partial charge in [-0.2, -0.15) is 5.11 Å². The van der Waals surface area contributed by atoms with Crippen LogP contribution in [0.2, 0.25) is 0 Å². The van der Waals surface area contributed by atoms with E-state index in [0.29, 0.717) is 35.2 Å². The second-order valence-electron chi connectivity index (χ2n) is 9.26. The molecule has 0 radical (unpaired) electrons. The van der Waals surface area contributed by atoms with Gasteiger partial charge < -0.3 is 10.0 Å². The van der Waals surface area contributed by atoms with E-state index >= 15 is 0 Å². The van der Waals surface area contributed by atoms with Crippen molar-refractivity contribution < 1.29 is 9.90 Å². The van der Waals surface area contributed by atoms with Gasteiger partial charge in [0.05, 0.1) is 23.5 Å². The molecule has 0 aliphatic heterocycles. The topological polar surface area (TPSA) is 82.5 Å². The third-order valence-corrected chi connectivity index (χ3v) is 7.06. The molecule has 36 heavy (non-hydrogen) atoms. The fourth-order valence-corrected chi connectivity index (χ4v) is 4.73. The van der Waals surface area contributed by atoms with Crippen LogP contribution in [0.15, 0.2) is 28.4 Å². The molecule has 0 saturated heterocycles. The highest BCUT2D eigenvalue weighted by molar-refractivity contribution is 7.10. The van der Waals surface area contributed by atoms with Crippen molar-refractivity contribution in [2.45, 2.75) is 97.8 Å². The van der Waals surface area contributed by atoms with E-state index in [4.69, 9.17) is 6.57 Å². The van der Waals surface area contributed by atoms with Crippen LogP contribution in [0.5, 0.6) is 5.75 Å². The molecule has 1 N–H and O–H groups in total. The summed E-state index contributed by atoms with van der Waals surface area (Å²) in [5, 5.41) is 19.3. The number of nitrogens with zero attached hydrogens (tertiary/aromatic N) is 5. The molecule has 0 saturated carbocycles. The summed E-state index contributed by atoms with van der Waals surface area (Å²) < 4.78 is 4.16. The minimum absolute atomic E-state index is 0.0506. The maximum absolute atomic E-state index is 13.5. The Labute approximate surface area is 220 Å². The monoisotopic (exact) mass is 511 g/mol. The number of aromatic hydroxyl groups is 1. The molecule has 8 heteroatoms. The van der Waals surface area contributed by atoms with Gasteiger partial charge >= 0.3 is 0 Å². The summed E-state index contributed by atoms with van der Waals surface area (Å²) in [6.45, 7) is 14.9. The van der Waals surface area contributed by atoms with Crippen molar-refractivity contribution >= 4 is 33.8 Å². The second-order valence-corrected chi connectivity index (χ2v) is 10.0. The number of hydrogen-bond acceptors (Lipinski definition) is 6. The molecule has 0 unspecified atom stereocenters. The van der Waals surface area contributed by atoms with E-state index < -0.39 is 0 Å². The zero-order chi connectivity index (χ0) is 26.2. The first-order chi connectivity index (χ1) is 17.5. The smallest absolute Gasteiger partial charge is 0.257 e. The number of amides is 1. The highest BCUT2D eigenvalue weighted by Gasteiger charge is 2.19. The predicted octanol–water partition coefficient (Wildman–Crippen LogP) is 9.29. The normalized spacial score (nSPS) is 11.2. The molecule has 1 aromatic carbocycles. The van der Waals surface area contributed by atoms with E-state index in [1.807, 2.05) is 4.90 Å². The minimum atomic E-state index is -0.165. The number of unbranched alkanes of at least 4 members (excludes halogenated alkanes) is 10. The van der Waals surface area contributed by atoms with Gasteiger partial charge in [-0.25, -0.2) is 9.22 Å². The van der Waals surface area contributed by atoms with Crippen LogP contribution in [0, 0.1) is 13.5 Å². The van der Waals surface area contributed by atoms with Crippen molar-refractivity contribution in [1.29, 1.82) is 0 Å². The van der Waals surface area contributed by atoms with Crippen LogP contribution in [0.25, 0.3) is 4.85 Å². The van der Waals surface area contributed by atoms with Crippen LogP contribution in [-0.4, -0.2) is 33.4 Å². The molecule has 1 aromatic heterocycles. The molecular formula is C28H41N5O2S. The van der Waals surface area contributed by atoms with Crippen molar-refractivity contribution in [3.05, 3.63) is 40.9 Å². The molecule has 0 fully saturated rings. The average molecular weight is 512 g/mol. The highest BCUT2D eigenvalue weighted by atomic mass is 32.1. The molecular weight excluding hydrogens is 470 g/mol. The van der Waals surface area contributed by atoms with Gasteiger partial charge in [-0.3, -0.25) is 4.79 Å². The number of azo groups is 1. The molecule has 0 aliphatic carbocycles. The highest BCUT2D eigenvalue weighted by Crippen LogP contribution is 2.37. The Hall–Kier alpha value is -2.79. The molecule has 196 valence electrons. The van der Waals surface area contributed by atoms with Gasteiger partial charge in [0.2, 0.25) is 5.69 Å². The number of rotatable bonds is 17. The van der Waals surface area contributed by atoms with Gasteiger partial charge in [-0.05, 0) is 49.5 Å². The Morgan fingerprint density at radius 1 is 0.972 bits per heavy atom. The number of aryl methyl sites for hydroxylation is 1. The number of hydrogen-bond donors (Lipinski definition) is 1. The van der Waals surface area contributed by atoms with Crippen LogP contribution in [0.1, 0.15) is 107 Å². The van der Waals surface area contributed by atoms with Crippen molar-refractivity contribution in [2.24, 2.45) is 10.2 Å². The summed E-state index contributed by atoms with van der Waals surface area (Å²) in [6.07, 6.45) is 14.0. The first kappa shape index (κ1) is 29.4. The SMILES string of the molecule is [C-]#[N+]c1c(C)nsc1N=Nc1ccc(O)c(C(=O)N(CCCCCCCC)CCCCCCCC)c1. The largest absolute Gasteiger partial charge is 0.507 e. The Morgan fingerprint density at radius 2 is 1.56 bits per heavy atom. The lowest BCUT2D eigenvalue weighted by molar-refractivity contribution is 0.0746. The fraction of sp³-hybridized carbons (Fsp3) is 0.607. The van der Waals surface area contributed by atoms with Crippen molar-refractivity contribution in [2.75, 3.05) is 13.1 Å². The third-order valence-electron chi connectivity index (χ3n) is 6.24. The number of carbonyl (C=O) groups is 1. The zero-order valence-corrected chi connectivity index (χ0v) is 22.9. The predicted molar refractivity (Wildman–Crippen MR) is 148 cm³/mol. The quantitative estimate of drug-likeness (QED) is 0.130. The van der Waals surface area contributed by atoms with E-state index in [-0.39, 0.29) is 17.2 Å². The van der Waals surface area contributed by atoms with Crippen LogP contribution in [-0.2, 0) is 0 Å². The fourth-order valence-electron chi connectivity index (χ4n) is 4.06.